The molecule has 2 atom stereocenters. The fourth-order valence-corrected chi connectivity index (χ4v) is 6.08. The first-order valence-electron chi connectivity index (χ1n) is 15.6. The first kappa shape index (κ1) is 35.2. The van der Waals surface area contributed by atoms with Crippen LogP contribution in [0.1, 0.15) is 101 Å². The third-order valence-electron chi connectivity index (χ3n) is 9.27. The highest BCUT2D eigenvalue weighted by Crippen LogP contribution is 2.53. The average Bonchev–Trinajstić information content (AvgIpc) is 3.16. The highest BCUT2D eigenvalue weighted by molar-refractivity contribution is 5.95. The van der Waals surface area contributed by atoms with Crippen LogP contribution in [-0.4, -0.2) is 17.0 Å². The number of carbonyl (C=O) groups excluding carboxylic acids is 1. The lowest BCUT2D eigenvalue weighted by atomic mass is 9.66. The van der Waals surface area contributed by atoms with Gasteiger partial charge in [0.25, 0.3) is 0 Å². The number of carbonyl (C=O) groups is 1. The van der Waals surface area contributed by atoms with E-state index in [2.05, 4.69) is 123 Å². The molecular weight excluding hydrogens is 512 g/mol. The third-order valence-corrected chi connectivity index (χ3v) is 9.27. The largest absolute Gasteiger partial charge is 0.393 e. The predicted octanol–water partition coefficient (Wildman–Crippen LogP) is 10.8. The normalized spacial score (nSPS) is 26.3. The van der Waals surface area contributed by atoms with Crippen LogP contribution in [0, 0.1) is 16.2 Å². The van der Waals surface area contributed by atoms with Crippen LogP contribution >= 0.6 is 0 Å². The van der Waals surface area contributed by atoms with Gasteiger partial charge in [-0.15, -0.1) is 0 Å². The number of ketones is 1. The Morgan fingerprint density at radius 1 is 0.714 bits per heavy atom. The molecule has 42 heavy (non-hydrogen) atoms. The van der Waals surface area contributed by atoms with E-state index in [9.17, 15) is 9.90 Å². The molecule has 0 radical (unpaired) electrons. The standard InChI is InChI=1S/C40H56O2/c1-30(18-13-20-32(3)22-24-36-34(5)28-35(41)29-38(36,6)7)16-11-12-17-31(2)19-14-21-33(4)23-25-37(42)40(10)27-15-26-39(40,8)9/h11-14,16-25,35,41H,15,26-29H2,1-10H3. The summed E-state index contributed by atoms with van der Waals surface area (Å²) in [5, 5.41) is 10.1. The minimum atomic E-state index is -0.253. The molecule has 0 aromatic heterocycles. The topological polar surface area (TPSA) is 37.3 Å². The zero-order valence-corrected chi connectivity index (χ0v) is 28.1. The van der Waals surface area contributed by atoms with Crippen molar-refractivity contribution in [3.63, 3.8) is 0 Å². The molecule has 2 aliphatic rings. The molecule has 0 aliphatic heterocycles. The zero-order chi connectivity index (χ0) is 31.6. The number of aliphatic hydroxyl groups excluding tert-OH is 1. The number of allylic oxidation sites excluding steroid dienone is 19. The van der Waals surface area contributed by atoms with Crippen LogP contribution in [0.5, 0.6) is 0 Å². The maximum atomic E-state index is 12.9. The molecule has 228 valence electrons. The Bertz CT molecular complexity index is 1280. The summed E-state index contributed by atoms with van der Waals surface area (Å²) in [7, 11) is 0. The molecule has 2 nitrogen and oxygen atoms in total. The van der Waals surface area contributed by atoms with Crippen LogP contribution in [0.15, 0.2) is 119 Å². The highest BCUT2D eigenvalue weighted by Gasteiger charge is 2.49. The zero-order valence-electron chi connectivity index (χ0n) is 28.1. The molecule has 2 rings (SSSR count). The molecule has 2 aliphatic carbocycles. The molecule has 0 amide bonds. The molecule has 1 saturated carbocycles. The van der Waals surface area contributed by atoms with Gasteiger partial charge in [0.2, 0.25) is 0 Å². The molecule has 1 N–H and O–H groups in total. The second-order valence-corrected chi connectivity index (χ2v) is 14.0. The maximum Gasteiger partial charge on any atom is 0.162 e. The first-order valence-corrected chi connectivity index (χ1v) is 15.6. The number of rotatable bonds is 11. The van der Waals surface area contributed by atoms with Gasteiger partial charge in [-0.25, -0.2) is 0 Å². The number of hydrogen-bond acceptors (Lipinski definition) is 2. The Kier molecular flexibility index (Phi) is 13.0. The van der Waals surface area contributed by atoms with Crippen molar-refractivity contribution in [2.75, 3.05) is 0 Å². The van der Waals surface area contributed by atoms with Crippen LogP contribution in [0.2, 0.25) is 0 Å². The molecule has 0 spiro atoms. The lowest BCUT2D eigenvalue weighted by molar-refractivity contribution is -0.127. The monoisotopic (exact) mass is 568 g/mol. The summed E-state index contributed by atoms with van der Waals surface area (Å²) < 4.78 is 0. The Hall–Kier alpha value is -2.97. The van der Waals surface area contributed by atoms with E-state index < -0.39 is 0 Å². The second kappa shape index (κ2) is 15.5. The van der Waals surface area contributed by atoms with Crippen molar-refractivity contribution in [2.24, 2.45) is 16.2 Å². The van der Waals surface area contributed by atoms with Gasteiger partial charge in [-0.2, -0.15) is 0 Å². The van der Waals surface area contributed by atoms with Gasteiger partial charge in [0, 0.05) is 5.41 Å². The fourth-order valence-electron chi connectivity index (χ4n) is 6.08. The quantitative estimate of drug-likeness (QED) is 0.199. The van der Waals surface area contributed by atoms with Crippen LogP contribution in [0.4, 0.5) is 0 Å². The van der Waals surface area contributed by atoms with E-state index in [1.807, 2.05) is 25.2 Å². The molecule has 0 aromatic carbocycles. The van der Waals surface area contributed by atoms with Crippen molar-refractivity contribution in [2.45, 2.75) is 107 Å². The summed E-state index contributed by atoms with van der Waals surface area (Å²) >= 11 is 0. The summed E-state index contributed by atoms with van der Waals surface area (Å²) in [6, 6.07) is 0. The molecule has 2 heteroatoms. The van der Waals surface area contributed by atoms with Gasteiger partial charge >= 0.3 is 0 Å². The minimum Gasteiger partial charge on any atom is -0.393 e. The van der Waals surface area contributed by atoms with Gasteiger partial charge in [0.1, 0.15) is 0 Å². The van der Waals surface area contributed by atoms with Crippen LogP contribution < -0.4 is 0 Å². The van der Waals surface area contributed by atoms with Crippen LogP contribution in [-0.2, 0) is 4.79 Å². The summed E-state index contributed by atoms with van der Waals surface area (Å²) in [4.78, 5) is 12.9. The molecule has 0 aromatic rings. The molecule has 0 heterocycles. The summed E-state index contributed by atoms with van der Waals surface area (Å²) in [5.41, 5.74) is 7.04. The maximum absolute atomic E-state index is 12.9. The summed E-state index contributed by atoms with van der Waals surface area (Å²) in [5.74, 6) is 0.248. The Balaban J connectivity index is 1.88. The van der Waals surface area contributed by atoms with Gasteiger partial charge in [0.15, 0.2) is 5.78 Å². The fraction of sp³-hybridized carbons (Fsp3) is 0.475. The molecule has 0 saturated heterocycles. The van der Waals surface area contributed by atoms with Crippen molar-refractivity contribution < 1.29 is 9.90 Å². The van der Waals surface area contributed by atoms with E-state index in [4.69, 9.17) is 0 Å². The average molecular weight is 569 g/mol. The Morgan fingerprint density at radius 2 is 1.21 bits per heavy atom. The van der Waals surface area contributed by atoms with E-state index in [0.29, 0.717) is 0 Å². The van der Waals surface area contributed by atoms with Gasteiger partial charge in [0.05, 0.1) is 6.10 Å². The summed E-state index contributed by atoms with van der Waals surface area (Å²) in [6.45, 7) is 21.5. The molecule has 2 unspecified atom stereocenters. The second-order valence-electron chi connectivity index (χ2n) is 14.0. The van der Waals surface area contributed by atoms with Gasteiger partial charge < -0.3 is 5.11 Å². The van der Waals surface area contributed by atoms with Gasteiger partial charge in [-0.05, 0) is 82.8 Å². The summed E-state index contributed by atoms with van der Waals surface area (Å²) in [6.07, 6.45) is 33.5. The Labute approximate surface area is 257 Å². The smallest absolute Gasteiger partial charge is 0.162 e. The minimum absolute atomic E-state index is 0.00203. The van der Waals surface area contributed by atoms with Crippen molar-refractivity contribution >= 4 is 5.78 Å². The highest BCUT2D eigenvalue weighted by atomic mass is 16.3. The number of aliphatic hydroxyl groups is 1. The number of hydrogen-bond donors (Lipinski definition) is 1. The lowest BCUT2D eigenvalue weighted by Crippen LogP contribution is -2.36. The molecular formula is C40H56O2. The predicted molar refractivity (Wildman–Crippen MR) is 183 cm³/mol. The molecule has 0 bridgehead atoms. The van der Waals surface area contributed by atoms with E-state index in [0.717, 1.165) is 43.3 Å². The van der Waals surface area contributed by atoms with Crippen LogP contribution in [0.25, 0.3) is 0 Å². The van der Waals surface area contributed by atoms with Crippen molar-refractivity contribution in [3.05, 3.63) is 119 Å². The van der Waals surface area contributed by atoms with E-state index in [1.54, 1.807) is 6.08 Å². The Morgan fingerprint density at radius 3 is 1.71 bits per heavy atom. The lowest BCUT2D eigenvalue weighted by Gasteiger charge is -2.36. The van der Waals surface area contributed by atoms with E-state index >= 15 is 0 Å². The molecule has 1 fully saturated rings. The van der Waals surface area contributed by atoms with E-state index in [1.165, 1.54) is 22.3 Å². The van der Waals surface area contributed by atoms with Crippen LogP contribution in [0.3, 0.4) is 0 Å². The third kappa shape index (κ3) is 10.4. The SMILES string of the molecule is CC(C=CC=C(C)C=CC(=O)C1(C)CCCC1(C)C)=CC=CC=C(C)C=CC=C(C)C=CC1=C(C)CC(O)CC1(C)C. The van der Waals surface area contributed by atoms with Crippen molar-refractivity contribution in [1.82, 2.24) is 0 Å². The van der Waals surface area contributed by atoms with Gasteiger partial charge in [-0.3, -0.25) is 4.79 Å². The van der Waals surface area contributed by atoms with Gasteiger partial charge in [-0.1, -0.05) is 148 Å². The van der Waals surface area contributed by atoms with Crippen molar-refractivity contribution in [1.29, 1.82) is 0 Å². The van der Waals surface area contributed by atoms with Crippen molar-refractivity contribution in [3.8, 4) is 0 Å². The first-order chi connectivity index (χ1) is 19.6. The van der Waals surface area contributed by atoms with E-state index in [-0.39, 0.29) is 28.1 Å².